The minimum absolute atomic E-state index is 0.0269. The quantitative estimate of drug-likeness (QED) is 0.882. The Hall–Kier alpha value is -2.07. The van der Waals surface area contributed by atoms with Crippen LogP contribution in [0.1, 0.15) is 15.9 Å². The van der Waals surface area contributed by atoms with Crippen molar-refractivity contribution < 1.29 is 9.18 Å². The van der Waals surface area contributed by atoms with E-state index >= 15 is 0 Å². The molecular weight excluding hydrogens is 279 g/mol. The number of nitrogens with two attached hydrogens (primary N) is 1. The van der Waals surface area contributed by atoms with Gasteiger partial charge in [-0.15, -0.1) is 0 Å². The van der Waals surface area contributed by atoms with Gasteiger partial charge in [0.2, 0.25) is 0 Å². The normalized spacial score (nSPS) is 10.3. The van der Waals surface area contributed by atoms with Crippen LogP contribution in [0, 0.1) is 5.82 Å². The molecule has 0 spiro atoms. The number of hydrogen-bond donors (Lipinski definition) is 1. The first-order chi connectivity index (χ1) is 9.47. The highest BCUT2D eigenvalue weighted by atomic mass is 35.5. The van der Waals surface area contributed by atoms with Gasteiger partial charge in [-0.3, -0.25) is 4.79 Å². The summed E-state index contributed by atoms with van der Waals surface area (Å²) >= 11 is 5.90. The zero-order chi connectivity index (χ0) is 14.7. The number of anilines is 1. The Bertz CT molecular complexity index is 646. The molecule has 0 atom stereocenters. The Morgan fingerprint density at radius 3 is 2.70 bits per heavy atom. The minimum Gasteiger partial charge on any atom is -0.396 e. The van der Waals surface area contributed by atoms with Crippen LogP contribution in [-0.2, 0) is 6.54 Å². The third-order valence-corrected chi connectivity index (χ3v) is 3.14. The SMILES string of the molecule is CN(Cc1cccc(Cl)c1)C(=O)c1ccc(N)c(F)c1. The van der Waals surface area contributed by atoms with Crippen molar-refractivity contribution in [2.24, 2.45) is 0 Å². The summed E-state index contributed by atoms with van der Waals surface area (Å²) < 4.78 is 13.4. The zero-order valence-corrected chi connectivity index (χ0v) is 11.7. The van der Waals surface area contributed by atoms with Crippen LogP contribution in [0.25, 0.3) is 0 Å². The van der Waals surface area contributed by atoms with Crippen LogP contribution in [-0.4, -0.2) is 17.9 Å². The minimum atomic E-state index is -0.591. The molecule has 0 saturated carbocycles. The molecule has 0 saturated heterocycles. The third kappa shape index (κ3) is 3.27. The lowest BCUT2D eigenvalue weighted by Crippen LogP contribution is -2.26. The van der Waals surface area contributed by atoms with Gasteiger partial charge in [-0.25, -0.2) is 4.39 Å². The number of benzene rings is 2. The maximum atomic E-state index is 13.4. The fourth-order valence-corrected chi connectivity index (χ4v) is 2.07. The summed E-state index contributed by atoms with van der Waals surface area (Å²) in [6, 6.07) is 11.3. The summed E-state index contributed by atoms with van der Waals surface area (Å²) in [4.78, 5) is 13.7. The molecule has 2 aromatic rings. The van der Waals surface area contributed by atoms with Gasteiger partial charge in [0.15, 0.2) is 0 Å². The number of rotatable bonds is 3. The Morgan fingerprint density at radius 1 is 1.30 bits per heavy atom. The molecule has 2 rings (SSSR count). The third-order valence-electron chi connectivity index (χ3n) is 2.90. The van der Waals surface area contributed by atoms with Crippen LogP contribution in [0.2, 0.25) is 5.02 Å². The number of carbonyl (C=O) groups is 1. The van der Waals surface area contributed by atoms with Gasteiger partial charge in [-0.2, -0.15) is 0 Å². The second kappa shape index (κ2) is 5.92. The molecule has 0 fully saturated rings. The van der Waals surface area contributed by atoms with Crippen molar-refractivity contribution in [3.05, 3.63) is 64.4 Å². The molecule has 0 unspecified atom stereocenters. The largest absolute Gasteiger partial charge is 0.396 e. The number of hydrogen-bond acceptors (Lipinski definition) is 2. The van der Waals surface area contributed by atoms with Gasteiger partial charge < -0.3 is 10.6 Å². The predicted molar refractivity (Wildman–Crippen MR) is 78.1 cm³/mol. The van der Waals surface area contributed by atoms with Crippen molar-refractivity contribution in [2.75, 3.05) is 12.8 Å². The van der Waals surface area contributed by atoms with E-state index in [2.05, 4.69) is 0 Å². The molecule has 0 bridgehead atoms. The summed E-state index contributed by atoms with van der Waals surface area (Å²) in [6.45, 7) is 0.394. The average molecular weight is 293 g/mol. The molecule has 0 heterocycles. The first-order valence-corrected chi connectivity index (χ1v) is 6.40. The van der Waals surface area contributed by atoms with Gasteiger partial charge in [-0.05, 0) is 35.9 Å². The molecule has 0 aliphatic heterocycles. The van der Waals surface area contributed by atoms with Crippen molar-refractivity contribution in [3.63, 3.8) is 0 Å². The van der Waals surface area contributed by atoms with E-state index in [0.717, 1.165) is 11.6 Å². The molecular formula is C15H14ClFN2O. The smallest absolute Gasteiger partial charge is 0.254 e. The lowest BCUT2D eigenvalue weighted by Gasteiger charge is -2.17. The van der Waals surface area contributed by atoms with Crippen LogP contribution >= 0.6 is 11.6 Å². The Morgan fingerprint density at radius 2 is 2.05 bits per heavy atom. The van der Waals surface area contributed by atoms with Crippen LogP contribution in [0.3, 0.4) is 0 Å². The monoisotopic (exact) mass is 292 g/mol. The maximum absolute atomic E-state index is 13.4. The van der Waals surface area contributed by atoms with Crippen LogP contribution in [0.4, 0.5) is 10.1 Å². The summed E-state index contributed by atoms with van der Waals surface area (Å²) in [5.74, 6) is -0.865. The van der Waals surface area contributed by atoms with E-state index in [1.54, 1.807) is 19.2 Å². The lowest BCUT2D eigenvalue weighted by molar-refractivity contribution is 0.0784. The van der Waals surface area contributed by atoms with Crippen molar-refractivity contribution >= 4 is 23.2 Å². The summed E-state index contributed by atoms with van der Waals surface area (Å²) in [5, 5.41) is 0.613. The molecule has 20 heavy (non-hydrogen) atoms. The predicted octanol–water partition coefficient (Wildman–Crippen LogP) is 3.33. The molecule has 5 heteroatoms. The second-order valence-corrected chi connectivity index (χ2v) is 4.96. The van der Waals surface area contributed by atoms with E-state index in [0.29, 0.717) is 11.6 Å². The second-order valence-electron chi connectivity index (χ2n) is 4.53. The lowest BCUT2D eigenvalue weighted by atomic mass is 10.1. The molecule has 1 amide bonds. The topological polar surface area (TPSA) is 46.3 Å². The van der Waals surface area contributed by atoms with Gasteiger partial charge >= 0.3 is 0 Å². The van der Waals surface area contributed by atoms with E-state index in [1.807, 2.05) is 12.1 Å². The van der Waals surface area contributed by atoms with Crippen LogP contribution in [0.5, 0.6) is 0 Å². The number of amides is 1. The first-order valence-electron chi connectivity index (χ1n) is 6.02. The van der Waals surface area contributed by atoms with E-state index in [9.17, 15) is 9.18 Å². The van der Waals surface area contributed by atoms with Gasteiger partial charge in [-0.1, -0.05) is 23.7 Å². The number of nitrogens with zero attached hydrogens (tertiary/aromatic N) is 1. The van der Waals surface area contributed by atoms with Crippen molar-refractivity contribution in [2.45, 2.75) is 6.54 Å². The number of carbonyl (C=O) groups excluding carboxylic acids is 1. The Kier molecular flexibility index (Phi) is 4.25. The van der Waals surface area contributed by atoms with E-state index < -0.39 is 5.82 Å². The Balaban J connectivity index is 2.14. The zero-order valence-electron chi connectivity index (χ0n) is 10.9. The van der Waals surface area contributed by atoms with Crippen LogP contribution in [0.15, 0.2) is 42.5 Å². The fraction of sp³-hybridized carbons (Fsp3) is 0.133. The molecule has 0 radical (unpaired) electrons. The van der Waals surface area contributed by atoms with Crippen molar-refractivity contribution in [1.82, 2.24) is 4.90 Å². The number of nitrogen functional groups attached to an aromatic ring is 1. The Labute approximate surface area is 121 Å². The van der Waals surface area contributed by atoms with Gasteiger partial charge in [0.25, 0.3) is 5.91 Å². The molecule has 3 nitrogen and oxygen atoms in total. The molecule has 2 N–H and O–H groups in total. The van der Waals surface area contributed by atoms with E-state index in [4.69, 9.17) is 17.3 Å². The summed E-state index contributed by atoms with van der Waals surface area (Å²) in [6.07, 6.45) is 0. The van der Waals surface area contributed by atoms with Gasteiger partial charge in [0.05, 0.1) is 5.69 Å². The highest BCUT2D eigenvalue weighted by Crippen LogP contribution is 2.16. The highest BCUT2D eigenvalue weighted by molar-refractivity contribution is 6.30. The highest BCUT2D eigenvalue weighted by Gasteiger charge is 2.13. The first kappa shape index (κ1) is 14.3. The molecule has 0 aliphatic carbocycles. The van der Waals surface area contributed by atoms with Crippen LogP contribution < -0.4 is 5.73 Å². The van der Waals surface area contributed by atoms with Crippen molar-refractivity contribution in [1.29, 1.82) is 0 Å². The molecule has 0 aromatic heterocycles. The number of halogens is 2. The van der Waals surface area contributed by atoms with Crippen molar-refractivity contribution in [3.8, 4) is 0 Å². The summed E-state index contributed by atoms with van der Waals surface area (Å²) in [5.41, 5.74) is 6.59. The van der Waals surface area contributed by atoms with Gasteiger partial charge in [0.1, 0.15) is 5.82 Å². The van der Waals surface area contributed by atoms with E-state index in [1.165, 1.54) is 17.0 Å². The maximum Gasteiger partial charge on any atom is 0.254 e. The molecule has 2 aromatic carbocycles. The average Bonchev–Trinajstić information content (AvgIpc) is 2.41. The van der Waals surface area contributed by atoms with Gasteiger partial charge in [0, 0.05) is 24.2 Å². The standard InChI is InChI=1S/C15H14ClFN2O/c1-19(9-10-3-2-4-12(16)7-10)15(20)11-5-6-14(18)13(17)8-11/h2-8H,9,18H2,1H3. The molecule has 104 valence electrons. The molecule has 0 aliphatic rings. The van der Waals surface area contributed by atoms with E-state index in [-0.39, 0.29) is 17.2 Å². The fourth-order valence-electron chi connectivity index (χ4n) is 1.86. The summed E-state index contributed by atoms with van der Waals surface area (Å²) in [7, 11) is 1.65.